The van der Waals surface area contributed by atoms with Crippen LogP contribution in [0.25, 0.3) is 0 Å². The number of nitrogens with one attached hydrogen (secondary N) is 1. The molecule has 0 aliphatic heterocycles. The number of anilines is 1. The van der Waals surface area contributed by atoms with E-state index in [0.29, 0.717) is 5.69 Å². The first-order chi connectivity index (χ1) is 8.47. The van der Waals surface area contributed by atoms with Gasteiger partial charge in [0.1, 0.15) is 10.7 Å². The van der Waals surface area contributed by atoms with E-state index in [0.717, 1.165) is 22.0 Å². The Balaban J connectivity index is 2.30. The average molecular weight is 378 g/mol. The van der Waals surface area contributed by atoms with E-state index in [4.69, 9.17) is 0 Å². The molecular formula is C11H8FIN2O2S. The van der Waals surface area contributed by atoms with Crippen molar-refractivity contribution in [3.05, 3.63) is 52.1 Å². The minimum atomic E-state index is -3.80. The number of hydrogen-bond donors (Lipinski definition) is 1. The summed E-state index contributed by atoms with van der Waals surface area (Å²) in [4.78, 5) is 3.30. The highest BCUT2D eigenvalue weighted by molar-refractivity contribution is 14.1. The summed E-state index contributed by atoms with van der Waals surface area (Å²) in [5, 5.41) is 0. The van der Waals surface area contributed by atoms with Crippen LogP contribution in [-0.4, -0.2) is 13.4 Å². The standard InChI is InChI=1S/C11H8FIN2O2S/c12-8-5-11(7-14-6-8)18(16,17)15-10-3-1-9(13)2-4-10/h1-7,15H. The highest BCUT2D eigenvalue weighted by atomic mass is 127. The maximum Gasteiger partial charge on any atom is 0.263 e. The van der Waals surface area contributed by atoms with Gasteiger partial charge in [-0.1, -0.05) is 0 Å². The van der Waals surface area contributed by atoms with Gasteiger partial charge in [0.2, 0.25) is 0 Å². The Labute approximate surface area is 117 Å². The molecule has 0 spiro atoms. The first-order valence-electron chi connectivity index (χ1n) is 4.86. The molecule has 4 nitrogen and oxygen atoms in total. The fraction of sp³-hybridized carbons (Fsp3) is 0. The molecule has 18 heavy (non-hydrogen) atoms. The highest BCUT2D eigenvalue weighted by Gasteiger charge is 2.15. The first kappa shape index (κ1) is 13.2. The van der Waals surface area contributed by atoms with Crippen molar-refractivity contribution in [2.45, 2.75) is 4.90 Å². The SMILES string of the molecule is O=S(=O)(Nc1ccc(I)cc1)c1cncc(F)c1. The highest BCUT2D eigenvalue weighted by Crippen LogP contribution is 2.17. The Kier molecular flexibility index (Phi) is 3.81. The molecule has 0 bridgehead atoms. The minimum Gasteiger partial charge on any atom is -0.280 e. The normalized spacial score (nSPS) is 11.2. The van der Waals surface area contributed by atoms with Gasteiger partial charge in [0.15, 0.2) is 0 Å². The molecule has 0 fully saturated rings. The molecule has 1 aromatic carbocycles. The van der Waals surface area contributed by atoms with Gasteiger partial charge in [0, 0.05) is 15.5 Å². The summed E-state index contributed by atoms with van der Waals surface area (Å²) in [6.45, 7) is 0. The van der Waals surface area contributed by atoms with Crippen LogP contribution in [0, 0.1) is 9.39 Å². The van der Waals surface area contributed by atoms with E-state index < -0.39 is 15.8 Å². The third-order valence-corrected chi connectivity index (χ3v) is 4.15. The zero-order valence-corrected chi connectivity index (χ0v) is 11.9. The Morgan fingerprint density at radius 1 is 1.17 bits per heavy atom. The summed E-state index contributed by atoms with van der Waals surface area (Å²) in [6.07, 6.45) is 2.04. The predicted molar refractivity (Wildman–Crippen MR) is 74.2 cm³/mol. The van der Waals surface area contributed by atoms with Crippen molar-refractivity contribution in [1.29, 1.82) is 0 Å². The molecule has 1 N–H and O–H groups in total. The van der Waals surface area contributed by atoms with Gasteiger partial charge in [-0.3, -0.25) is 9.71 Å². The van der Waals surface area contributed by atoms with Crippen molar-refractivity contribution >= 4 is 38.3 Å². The second kappa shape index (κ2) is 5.19. The largest absolute Gasteiger partial charge is 0.280 e. The Morgan fingerprint density at radius 2 is 1.83 bits per heavy atom. The smallest absolute Gasteiger partial charge is 0.263 e. The number of halogens is 2. The van der Waals surface area contributed by atoms with E-state index in [1.807, 2.05) is 0 Å². The summed E-state index contributed by atoms with van der Waals surface area (Å²) in [6, 6.07) is 7.71. The van der Waals surface area contributed by atoms with Gasteiger partial charge in [0.25, 0.3) is 10.0 Å². The van der Waals surface area contributed by atoms with Crippen LogP contribution in [0.1, 0.15) is 0 Å². The van der Waals surface area contributed by atoms with E-state index >= 15 is 0 Å². The molecule has 0 saturated carbocycles. The Morgan fingerprint density at radius 3 is 2.44 bits per heavy atom. The molecule has 1 aromatic heterocycles. The molecular weight excluding hydrogens is 370 g/mol. The fourth-order valence-electron chi connectivity index (χ4n) is 1.27. The van der Waals surface area contributed by atoms with Gasteiger partial charge >= 0.3 is 0 Å². The van der Waals surface area contributed by atoms with E-state index in [1.54, 1.807) is 24.3 Å². The molecule has 7 heteroatoms. The van der Waals surface area contributed by atoms with Crippen LogP contribution in [0.5, 0.6) is 0 Å². The van der Waals surface area contributed by atoms with Crippen molar-refractivity contribution in [1.82, 2.24) is 4.98 Å². The van der Waals surface area contributed by atoms with Crippen molar-refractivity contribution in [3.63, 3.8) is 0 Å². The Bertz CT molecular complexity index is 659. The van der Waals surface area contributed by atoms with Crippen molar-refractivity contribution in [2.75, 3.05) is 4.72 Å². The van der Waals surface area contributed by atoms with E-state index in [9.17, 15) is 12.8 Å². The van der Waals surface area contributed by atoms with Crippen molar-refractivity contribution < 1.29 is 12.8 Å². The lowest BCUT2D eigenvalue weighted by atomic mass is 10.3. The molecule has 0 amide bonds. The Hall–Kier alpha value is -1.22. The number of pyridine rings is 1. The van der Waals surface area contributed by atoms with Crippen LogP contribution in [0.4, 0.5) is 10.1 Å². The number of sulfonamides is 1. The molecule has 0 unspecified atom stereocenters. The van der Waals surface area contributed by atoms with Gasteiger partial charge in [-0.15, -0.1) is 0 Å². The molecule has 2 rings (SSSR count). The maximum atomic E-state index is 12.9. The van der Waals surface area contributed by atoms with Gasteiger partial charge in [-0.05, 0) is 52.9 Å². The molecule has 0 radical (unpaired) electrons. The summed E-state index contributed by atoms with van der Waals surface area (Å²) in [5.41, 5.74) is 0.416. The number of benzene rings is 1. The first-order valence-corrected chi connectivity index (χ1v) is 7.42. The predicted octanol–water partition coefficient (Wildman–Crippen LogP) is 2.63. The van der Waals surface area contributed by atoms with Crippen LogP contribution >= 0.6 is 22.6 Å². The molecule has 0 atom stereocenters. The molecule has 0 aliphatic rings. The van der Waals surface area contributed by atoms with Crippen LogP contribution in [0.15, 0.2) is 47.6 Å². The number of rotatable bonds is 3. The van der Waals surface area contributed by atoms with Gasteiger partial charge in [-0.2, -0.15) is 0 Å². The molecule has 0 saturated heterocycles. The topological polar surface area (TPSA) is 59.1 Å². The molecule has 94 valence electrons. The lowest BCUT2D eigenvalue weighted by Crippen LogP contribution is -2.13. The van der Waals surface area contributed by atoms with E-state index in [-0.39, 0.29) is 4.90 Å². The number of nitrogens with zero attached hydrogens (tertiary/aromatic N) is 1. The van der Waals surface area contributed by atoms with Crippen molar-refractivity contribution in [2.24, 2.45) is 0 Å². The maximum absolute atomic E-state index is 12.9. The quantitative estimate of drug-likeness (QED) is 0.836. The summed E-state index contributed by atoms with van der Waals surface area (Å²) in [5.74, 6) is -0.694. The zero-order valence-electron chi connectivity index (χ0n) is 8.97. The lowest BCUT2D eigenvalue weighted by molar-refractivity contribution is 0.592. The average Bonchev–Trinajstić information content (AvgIpc) is 2.32. The molecule has 0 aliphatic carbocycles. The second-order valence-corrected chi connectivity index (χ2v) is 6.38. The van der Waals surface area contributed by atoms with Gasteiger partial charge in [0.05, 0.1) is 6.20 Å². The molecule has 2 aromatic rings. The number of hydrogen-bond acceptors (Lipinski definition) is 3. The monoisotopic (exact) mass is 378 g/mol. The molecule has 1 heterocycles. The van der Waals surface area contributed by atoms with Crippen LogP contribution < -0.4 is 4.72 Å². The zero-order chi connectivity index (χ0) is 13.2. The van der Waals surface area contributed by atoms with E-state index in [2.05, 4.69) is 32.3 Å². The minimum absolute atomic E-state index is 0.207. The van der Waals surface area contributed by atoms with Gasteiger partial charge < -0.3 is 0 Å². The van der Waals surface area contributed by atoms with Crippen LogP contribution in [0.2, 0.25) is 0 Å². The van der Waals surface area contributed by atoms with Crippen LogP contribution in [-0.2, 0) is 10.0 Å². The summed E-state index contributed by atoms with van der Waals surface area (Å²) >= 11 is 2.11. The lowest BCUT2D eigenvalue weighted by Gasteiger charge is -2.07. The van der Waals surface area contributed by atoms with Gasteiger partial charge in [-0.25, -0.2) is 12.8 Å². The summed E-state index contributed by atoms with van der Waals surface area (Å²) < 4.78 is 40.1. The van der Waals surface area contributed by atoms with Crippen LogP contribution in [0.3, 0.4) is 0 Å². The third-order valence-electron chi connectivity index (χ3n) is 2.09. The second-order valence-electron chi connectivity index (χ2n) is 3.45. The van der Waals surface area contributed by atoms with Crippen molar-refractivity contribution in [3.8, 4) is 0 Å². The third kappa shape index (κ3) is 3.16. The fourth-order valence-corrected chi connectivity index (χ4v) is 2.66. The van der Waals surface area contributed by atoms with E-state index in [1.165, 1.54) is 0 Å². The number of aromatic nitrogens is 1. The summed E-state index contributed by atoms with van der Waals surface area (Å²) in [7, 11) is -3.80.